The molecule has 9 rings (SSSR count). The van der Waals surface area contributed by atoms with Crippen molar-refractivity contribution in [2.45, 2.75) is 65.0 Å². The van der Waals surface area contributed by atoms with Crippen LogP contribution in [-0.4, -0.2) is 80.2 Å². The van der Waals surface area contributed by atoms with Crippen molar-refractivity contribution >= 4 is 49.8 Å². The van der Waals surface area contributed by atoms with Crippen molar-refractivity contribution in [2.24, 2.45) is 0 Å². The zero-order chi connectivity index (χ0) is 44.4. The first-order valence-electron chi connectivity index (χ1n) is 19.4. The van der Waals surface area contributed by atoms with E-state index in [-0.39, 0.29) is 60.2 Å². The molecule has 0 unspecified atom stereocenters. The number of carbonyl (C=O) groups excluding carboxylic acids is 2. The summed E-state index contributed by atoms with van der Waals surface area (Å²) in [6.07, 6.45) is 9.99. The Morgan fingerprint density at radius 1 is 0.750 bits per heavy atom. The summed E-state index contributed by atoms with van der Waals surface area (Å²) in [7, 11) is 2.74. The molecule has 0 saturated heterocycles. The summed E-state index contributed by atoms with van der Waals surface area (Å²) in [4.78, 5) is 34.1. The third-order valence-corrected chi connectivity index (χ3v) is 10.6. The van der Waals surface area contributed by atoms with E-state index in [9.17, 15) is 27.2 Å². The van der Waals surface area contributed by atoms with E-state index in [4.69, 9.17) is 19.5 Å². The Morgan fingerprint density at radius 2 is 1.23 bits per heavy atom. The number of imidazole rings is 2. The van der Waals surface area contributed by atoms with Crippen molar-refractivity contribution in [3.63, 3.8) is 0 Å². The van der Waals surface area contributed by atoms with E-state index in [1.807, 2.05) is 42.5 Å². The Hall–Kier alpha value is -7.14. The van der Waals surface area contributed by atoms with Crippen LogP contribution in [0, 0.1) is 11.3 Å². The molecule has 2 fully saturated rings. The number of nitriles is 1. The van der Waals surface area contributed by atoms with Crippen LogP contribution in [0.25, 0.3) is 44.6 Å². The van der Waals surface area contributed by atoms with Crippen molar-refractivity contribution in [3.8, 4) is 51.6 Å². The van der Waals surface area contributed by atoms with Crippen LogP contribution in [0.15, 0.2) is 90.2 Å². The number of halogens is 5. The maximum Gasteiger partial charge on any atom is 0.387 e. The van der Waals surface area contributed by atoms with Crippen molar-refractivity contribution < 1.29 is 46.1 Å². The van der Waals surface area contributed by atoms with Gasteiger partial charge in [0.2, 0.25) is 0 Å². The number of rotatable bonds is 14. The van der Waals surface area contributed by atoms with Crippen molar-refractivity contribution in [2.75, 3.05) is 14.2 Å². The van der Waals surface area contributed by atoms with Gasteiger partial charge in [0.15, 0.2) is 0 Å². The molecule has 2 amide bonds. The van der Waals surface area contributed by atoms with Gasteiger partial charge in [0.25, 0.3) is 11.8 Å². The lowest BCUT2D eigenvalue weighted by atomic mass is 10.1. The Balaban J connectivity index is 0.000000193. The Labute approximate surface area is 371 Å². The van der Waals surface area contributed by atoms with Gasteiger partial charge in [0, 0.05) is 52.6 Å². The second-order valence-electron chi connectivity index (χ2n) is 14.4. The number of methoxy groups -OCH3 is 2. The third kappa shape index (κ3) is 9.89. The van der Waals surface area contributed by atoms with Gasteiger partial charge in [0.1, 0.15) is 53.3 Å². The molecule has 0 aliphatic heterocycles. The molecule has 4 aromatic carbocycles. The molecule has 64 heavy (non-hydrogen) atoms. The predicted molar refractivity (Wildman–Crippen MR) is 231 cm³/mol. The van der Waals surface area contributed by atoms with Gasteiger partial charge in [-0.05, 0) is 61.6 Å². The van der Waals surface area contributed by atoms with Gasteiger partial charge in [-0.25, -0.2) is 9.97 Å². The second-order valence-corrected chi connectivity index (χ2v) is 15.4. The third-order valence-electron chi connectivity index (χ3n) is 10.1. The fourth-order valence-electron chi connectivity index (χ4n) is 6.81. The molecule has 332 valence electrons. The van der Waals surface area contributed by atoms with Crippen LogP contribution in [0.4, 0.5) is 17.6 Å². The number of ether oxygens (including phenoxy) is 4. The van der Waals surface area contributed by atoms with Crippen LogP contribution in [0.3, 0.4) is 0 Å². The molecule has 2 saturated carbocycles. The van der Waals surface area contributed by atoms with Crippen LogP contribution in [0.2, 0.25) is 0 Å². The Kier molecular flexibility index (Phi) is 13.4. The normalized spacial score (nSPS) is 13.2. The summed E-state index contributed by atoms with van der Waals surface area (Å²) < 4.78 is 78.4. The van der Waals surface area contributed by atoms with E-state index in [2.05, 4.69) is 46.4 Å². The number of nitrogens with zero attached hydrogens (tertiary/aromatic N) is 7. The smallest absolute Gasteiger partial charge is 0.387 e. The molecular weight excluding hydrogens is 906 g/mol. The van der Waals surface area contributed by atoms with Crippen LogP contribution in [0.5, 0.6) is 23.0 Å². The highest BCUT2D eigenvalue weighted by Crippen LogP contribution is 2.37. The first kappa shape index (κ1) is 44.9. The highest BCUT2D eigenvalue weighted by Gasteiger charge is 2.30. The van der Waals surface area contributed by atoms with E-state index >= 15 is 0 Å². The predicted octanol–water partition coefficient (Wildman–Crippen LogP) is 8.84. The fraction of sp³-hybridized carbons (Fsp3) is 0.273. The van der Waals surface area contributed by atoms with Gasteiger partial charge in [-0.2, -0.15) is 27.9 Å². The summed E-state index contributed by atoms with van der Waals surface area (Å²) in [6, 6.07) is 19.2. The molecule has 20 heteroatoms. The quantitative estimate of drug-likeness (QED) is 0.100. The van der Waals surface area contributed by atoms with Crippen LogP contribution >= 0.6 is 15.9 Å². The van der Waals surface area contributed by atoms with E-state index < -0.39 is 25.0 Å². The average molecular weight is 947 g/mol. The molecule has 3 heterocycles. The highest BCUT2D eigenvalue weighted by molar-refractivity contribution is 9.10. The van der Waals surface area contributed by atoms with Crippen LogP contribution in [0.1, 0.15) is 53.8 Å². The average Bonchev–Trinajstić information content (AvgIpc) is 4.10. The SMILES string of the molecule is C.COc1cc(-n2cnc3cc(-c4cnn(CC#N)c4)ccc32)cc(OC(F)F)c1C(=O)NC1CC1.COc1cc(-n2cnc3cc(Br)ccc32)cc(OC(F)F)c1C(=O)NC1CC1. The van der Waals surface area contributed by atoms with Gasteiger partial charge in [-0.1, -0.05) is 29.4 Å². The van der Waals surface area contributed by atoms with Gasteiger partial charge in [-0.15, -0.1) is 0 Å². The van der Waals surface area contributed by atoms with E-state index in [0.717, 1.165) is 52.3 Å². The van der Waals surface area contributed by atoms with Crippen molar-refractivity contribution in [1.82, 2.24) is 39.5 Å². The summed E-state index contributed by atoms with van der Waals surface area (Å²) in [5, 5.41) is 18.6. The summed E-state index contributed by atoms with van der Waals surface area (Å²) in [5.41, 5.74) is 5.34. The first-order chi connectivity index (χ1) is 30.4. The van der Waals surface area contributed by atoms with Crippen LogP contribution < -0.4 is 29.6 Å². The molecule has 0 radical (unpaired) electrons. The van der Waals surface area contributed by atoms with Crippen molar-refractivity contribution in [1.29, 1.82) is 5.26 Å². The minimum Gasteiger partial charge on any atom is -0.496 e. The molecule has 2 aliphatic rings. The zero-order valence-electron chi connectivity index (χ0n) is 33.4. The Morgan fingerprint density at radius 3 is 1.70 bits per heavy atom. The number of alkyl halides is 4. The fourth-order valence-corrected chi connectivity index (χ4v) is 7.16. The number of fused-ring (bicyclic) bond motifs is 2. The van der Waals surface area contributed by atoms with Gasteiger partial charge in [0.05, 0.1) is 59.9 Å². The highest BCUT2D eigenvalue weighted by atomic mass is 79.9. The van der Waals surface area contributed by atoms with Gasteiger partial charge < -0.3 is 29.6 Å². The van der Waals surface area contributed by atoms with E-state index in [1.165, 1.54) is 31.0 Å². The van der Waals surface area contributed by atoms with Crippen molar-refractivity contribution in [3.05, 3.63) is 101 Å². The maximum atomic E-state index is 13.2. The molecule has 0 spiro atoms. The zero-order valence-corrected chi connectivity index (χ0v) is 35.0. The van der Waals surface area contributed by atoms with E-state index in [0.29, 0.717) is 22.4 Å². The maximum absolute atomic E-state index is 13.2. The minimum absolute atomic E-state index is 0. The largest absolute Gasteiger partial charge is 0.496 e. The van der Waals surface area contributed by atoms with Gasteiger partial charge >= 0.3 is 13.2 Å². The number of carbonyl (C=O) groups is 2. The molecular formula is C44H40BrF4N9O6. The van der Waals surface area contributed by atoms with E-state index in [1.54, 1.807) is 46.3 Å². The van der Waals surface area contributed by atoms with Gasteiger partial charge in [-0.3, -0.25) is 23.4 Å². The Bertz CT molecular complexity index is 2890. The van der Waals surface area contributed by atoms with Crippen LogP contribution in [-0.2, 0) is 6.54 Å². The standard InChI is InChI=1S/C24H20F2N6O3.C19H16BrF2N3O3.CH4/c1-34-20-9-17(10-21(35-24(25)26)22(20)23(33)30-16-3-4-16)32-13-28-18-8-14(2-5-19(18)32)15-11-29-31(12-15)7-6-27;1-27-15-7-12(25-9-23-13-6-10(20)2-5-14(13)25)8-16(28-19(21)22)17(15)18(26)24-11-3-4-11;/h2,5,8-13,16,24H,3-4,7H2,1H3,(H,30,33);2,5-9,11,19H,3-4H2,1H3,(H,24,26);1H4. The first-order valence-corrected chi connectivity index (χ1v) is 20.2. The molecule has 2 N–H and O–H groups in total. The second kappa shape index (κ2) is 19.1. The monoisotopic (exact) mass is 945 g/mol. The lowest BCUT2D eigenvalue weighted by Gasteiger charge is -2.17. The number of hydrogen-bond donors (Lipinski definition) is 2. The number of benzene rings is 4. The topological polar surface area (TPSA) is 172 Å². The molecule has 0 bridgehead atoms. The number of amides is 2. The molecule has 2 aliphatic carbocycles. The lowest BCUT2D eigenvalue weighted by Crippen LogP contribution is -2.27. The molecule has 7 aromatic rings. The number of nitrogens with one attached hydrogen (secondary N) is 2. The molecule has 0 atom stereocenters. The lowest BCUT2D eigenvalue weighted by molar-refractivity contribution is -0.0510. The number of hydrogen-bond acceptors (Lipinski definition) is 10. The summed E-state index contributed by atoms with van der Waals surface area (Å²) in [6.45, 7) is -6.05. The summed E-state index contributed by atoms with van der Waals surface area (Å²) >= 11 is 3.39. The molecule has 3 aromatic heterocycles. The summed E-state index contributed by atoms with van der Waals surface area (Å²) in [5.74, 6) is -1.30. The minimum atomic E-state index is -3.12. The molecule has 15 nitrogen and oxygen atoms in total. The number of aromatic nitrogens is 6.